The van der Waals surface area contributed by atoms with Crippen LogP contribution in [0.1, 0.15) is 61.4 Å². The highest BCUT2D eigenvalue weighted by Gasteiger charge is 2.25. The Kier molecular flexibility index (Phi) is 4.32. The monoisotopic (exact) mass is 299 g/mol. The lowest BCUT2D eigenvalue weighted by Crippen LogP contribution is -2.28. The van der Waals surface area contributed by atoms with E-state index >= 15 is 0 Å². The van der Waals surface area contributed by atoms with Crippen LogP contribution in [0.25, 0.3) is 0 Å². The van der Waals surface area contributed by atoms with E-state index in [9.17, 15) is 0 Å². The van der Waals surface area contributed by atoms with Crippen molar-refractivity contribution in [2.75, 3.05) is 0 Å². The predicted octanol–water partition coefficient (Wildman–Crippen LogP) is 5.63. The van der Waals surface area contributed by atoms with Crippen molar-refractivity contribution < 1.29 is 0 Å². The average molecular weight is 300 g/mol. The number of halogens is 1. The molecule has 110 valence electrons. The van der Waals surface area contributed by atoms with Gasteiger partial charge in [0.15, 0.2) is 0 Å². The maximum atomic E-state index is 6.10. The Morgan fingerprint density at radius 1 is 1.05 bits per heavy atom. The van der Waals surface area contributed by atoms with E-state index in [0.29, 0.717) is 18.0 Å². The molecule has 0 fully saturated rings. The highest BCUT2D eigenvalue weighted by molar-refractivity contribution is 6.30. The summed E-state index contributed by atoms with van der Waals surface area (Å²) in [6.45, 7) is 4.54. The van der Waals surface area contributed by atoms with Gasteiger partial charge in [-0.2, -0.15) is 0 Å². The zero-order chi connectivity index (χ0) is 14.8. The Morgan fingerprint density at radius 3 is 2.57 bits per heavy atom. The molecule has 0 heterocycles. The molecule has 1 aliphatic rings. The van der Waals surface area contributed by atoms with Crippen LogP contribution in [-0.2, 0) is 0 Å². The van der Waals surface area contributed by atoms with E-state index in [0.717, 1.165) is 5.02 Å². The standard InChI is InChI=1S/C19H22ClN/c1-13-10-11-19(18-9-4-3-8-17(13)18)21-14(2)15-6-5-7-16(20)12-15/h3-9,12-14,19,21H,10-11H2,1-2H3/t13?,14-,19?/m0/s1. The maximum Gasteiger partial charge on any atom is 0.0409 e. The fourth-order valence-electron chi connectivity index (χ4n) is 3.35. The van der Waals surface area contributed by atoms with E-state index < -0.39 is 0 Å². The third-order valence-corrected chi connectivity index (χ3v) is 4.83. The molecule has 1 aliphatic carbocycles. The minimum atomic E-state index is 0.301. The van der Waals surface area contributed by atoms with Gasteiger partial charge in [0.2, 0.25) is 0 Å². The largest absolute Gasteiger partial charge is 0.303 e. The van der Waals surface area contributed by atoms with Gasteiger partial charge in [-0.15, -0.1) is 0 Å². The van der Waals surface area contributed by atoms with Gasteiger partial charge in [0.1, 0.15) is 0 Å². The molecule has 1 nitrogen and oxygen atoms in total. The first-order chi connectivity index (χ1) is 10.1. The molecule has 0 saturated heterocycles. The van der Waals surface area contributed by atoms with Gasteiger partial charge >= 0.3 is 0 Å². The van der Waals surface area contributed by atoms with Crippen molar-refractivity contribution in [2.24, 2.45) is 0 Å². The van der Waals surface area contributed by atoms with Crippen molar-refractivity contribution in [3.8, 4) is 0 Å². The fourth-order valence-corrected chi connectivity index (χ4v) is 3.55. The molecule has 2 aromatic rings. The van der Waals surface area contributed by atoms with Gasteiger partial charge in [-0.3, -0.25) is 0 Å². The van der Waals surface area contributed by atoms with Crippen LogP contribution in [0.2, 0.25) is 5.02 Å². The van der Waals surface area contributed by atoms with E-state index in [1.807, 2.05) is 12.1 Å². The van der Waals surface area contributed by atoms with Crippen molar-refractivity contribution in [3.63, 3.8) is 0 Å². The summed E-state index contributed by atoms with van der Waals surface area (Å²) in [4.78, 5) is 0. The summed E-state index contributed by atoms with van der Waals surface area (Å²) < 4.78 is 0. The second kappa shape index (κ2) is 6.21. The van der Waals surface area contributed by atoms with E-state index in [2.05, 4.69) is 55.6 Å². The molecule has 2 unspecified atom stereocenters. The van der Waals surface area contributed by atoms with Gasteiger partial charge in [0, 0.05) is 17.1 Å². The highest BCUT2D eigenvalue weighted by Crippen LogP contribution is 2.38. The van der Waals surface area contributed by atoms with Gasteiger partial charge in [0.25, 0.3) is 0 Å². The second-order valence-corrected chi connectivity index (χ2v) is 6.54. The Bertz CT molecular complexity index is 622. The first-order valence-electron chi connectivity index (χ1n) is 7.75. The summed E-state index contributed by atoms with van der Waals surface area (Å²) >= 11 is 6.10. The summed E-state index contributed by atoms with van der Waals surface area (Å²) in [5, 5.41) is 4.58. The topological polar surface area (TPSA) is 12.0 Å². The third-order valence-electron chi connectivity index (χ3n) is 4.59. The van der Waals surface area contributed by atoms with E-state index in [1.54, 1.807) is 0 Å². The summed E-state index contributed by atoms with van der Waals surface area (Å²) in [7, 11) is 0. The number of benzene rings is 2. The van der Waals surface area contributed by atoms with Gasteiger partial charge in [-0.1, -0.05) is 54.9 Å². The Labute approximate surface area is 132 Å². The Morgan fingerprint density at radius 2 is 1.81 bits per heavy atom. The molecule has 21 heavy (non-hydrogen) atoms. The molecule has 2 heteroatoms. The smallest absolute Gasteiger partial charge is 0.0409 e. The summed E-state index contributed by atoms with van der Waals surface area (Å²) in [6, 6.07) is 17.7. The van der Waals surface area contributed by atoms with Crippen LogP contribution >= 0.6 is 11.6 Å². The summed E-state index contributed by atoms with van der Waals surface area (Å²) in [5.74, 6) is 0.667. The molecular weight excluding hydrogens is 278 g/mol. The van der Waals surface area contributed by atoms with Crippen LogP contribution in [0.4, 0.5) is 0 Å². The van der Waals surface area contributed by atoms with Crippen LogP contribution in [0, 0.1) is 0 Å². The molecule has 0 bridgehead atoms. The SMILES string of the molecule is CC1CCC(N[C@@H](C)c2cccc(Cl)c2)c2ccccc21. The zero-order valence-corrected chi connectivity index (χ0v) is 13.4. The van der Waals surface area contributed by atoms with E-state index in [4.69, 9.17) is 11.6 Å². The number of hydrogen-bond donors (Lipinski definition) is 1. The molecule has 0 aliphatic heterocycles. The molecule has 1 N–H and O–H groups in total. The van der Waals surface area contributed by atoms with Crippen LogP contribution in [0.5, 0.6) is 0 Å². The minimum Gasteiger partial charge on any atom is -0.303 e. The summed E-state index contributed by atoms with van der Waals surface area (Å²) in [5.41, 5.74) is 4.21. The maximum absolute atomic E-state index is 6.10. The number of rotatable bonds is 3. The van der Waals surface area contributed by atoms with Gasteiger partial charge in [-0.05, 0) is 54.5 Å². The lowest BCUT2D eigenvalue weighted by Gasteiger charge is -2.32. The molecule has 2 aromatic carbocycles. The minimum absolute atomic E-state index is 0.301. The third kappa shape index (κ3) is 3.14. The Balaban J connectivity index is 1.81. The first-order valence-corrected chi connectivity index (χ1v) is 8.13. The quantitative estimate of drug-likeness (QED) is 0.774. The van der Waals surface area contributed by atoms with Crippen LogP contribution in [-0.4, -0.2) is 0 Å². The van der Waals surface area contributed by atoms with Crippen molar-refractivity contribution in [2.45, 2.75) is 44.7 Å². The van der Waals surface area contributed by atoms with Gasteiger partial charge in [-0.25, -0.2) is 0 Å². The zero-order valence-electron chi connectivity index (χ0n) is 12.6. The van der Waals surface area contributed by atoms with Crippen LogP contribution in [0.3, 0.4) is 0 Å². The lowest BCUT2D eigenvalue weighted by molar-refractivity contribution is 0.396. The predicted molar refractivity (Wildman–Crippen MR) is 89.8 cm³/mol. The van der Waals surface area contributed by atoms with Crippen molar-refractivity contribution in [1.82, 2.24) is 5.32 Å². The van der Waals surface area contributed by atoms with Gasteiger partial charge < -0.3 is 5.32 Å². The van der Waals surface area contributed by atoms with Crippen LogP contribution in [0.15, 0.2) is 48.5 Å². The fraction of sp³-hybridized carbons (Fsp3) is 0.368. The second-order valence-electron chi connectivity index (χ2n) is 6.10. The van der Waals surface area contributed by atoms with E-state index in [-0.39, 0.29) is 0 Å². The van der Waals surface area contributed by atoms with Crippen molar-refractivity contribution >= 4 is 11.6 Å². The number of fused-ring (bicyclic) bond motifs is 1. The molecule has 3 atom stereocenters. The molecule has 0 spiro atoms. The van der Waals surface area contributed by atoms with E-state index in [1.165, 1.54) is 29.5 Å². The van der Waals surface area contributed by atoms with Gasteiger partial charge in [0.05, 0.1) is 0 Å². The highest BCUT2D eigenvalue weighted by atomic mass is 35.5. The normalized spacial score (nSPS) is 22.6. The molecule has 0 saturated carbocycles. The van der Waals surface area contributed by atoms with Crippen molar-refractivity contribution in [1.29, 1.82) is 0 Å². The first kappa shape index (κ1) is 14.6. The van der Waals surface area contributed by atoms with Crippen LogP contribution < -0.4 is 5.32 Å². The Hall–Kier alpha value is -1.31. The number of hydrogen-bond acceptors (Lipinski definition) is 1. The molecule has 3 rings (SSSR count). The van der Waals surface area contributed by atoms with Crippen molar-refractivity contribution in [3.05, 3.63) is 70.2 Å². The molecule has 0 amide bonds. The summed E-state index contributed by atoms with van der Waals surface area (Å²) in [6.07, 6.45) is 2.44. The lowest BCUT2D eigenvalue weighted by atomic mass is 9.80. The number of nitrogens with one attached hydrogen (secondary N) is 1. The average Bonchev–Trinajstić information content (AvgIpc) is 2.50. The molecular formula is C19H22ClN. The molecule has 0 aromatic heterocycles. The molecule has 0 radical (unpaired) electrons.